The third-order valence-electron chi connectivity index (χ3n) is 9.44. The Morgan fingerprint density at radius 3 is 2.57 bits per heavy atom. The number of ether oxygens (including phenoxy) is 2. The Bertz CT molecular complexity index is 1890. The van der Waals surface area contributed by atoms with Crippen molar-refractivity contribution in [1.29, 1.82) is 0 Å². The first kappa shape index (κ1) is 31.5. The lowest BCUT2D eigenvalue weighted by atomic mass is 10.00. The van der Waals surface area contributed by atoms with Crippen LogP contribution in [0.5, 0.6) is 0 Å². The van der Waals surface area contributed by atoms with Gasteiger partial charge < -0.3 is 19.7 Å². The number of pyridine rings is 1. The van der Waals surface area contributed by atoms with Gasteiger partial charge in [-0.3, -0.25) is 19.1 Å². The number of halogens is 1. The quantitative estimate of drug-likeness (QED) is 0.235. The number of carbonyl (C=O) groups excluding carboxylic acids is 3. The molecule has 1 N–H and O–H groups in total. The molecule has 1 saturated heterocycles. The monoisotopic (exact) mass is 701 g/mol. The van der Waals surface area contributed by atoms with Crippen LogP contribution in [0.3, 0.4) is 0 Å². The second kappa shape index (κ2) is 12.5. The number of hydrogen-bond donors (Lipinski definition) is 1. The fourth-order valence-corrected chi connectivity index (χ4v) is 7.23. The SMILES string of the molecule is CC(=O)c1nn2c3c(cc(-c4cnc(C)nc4)cc13)COCCCCOC[C@@]13C[C@@H](C(=O)Nc4nc(Br)ccc4C)N(C(=O)C2)[C@@H]1C3. The maximum atomic E-state index is 14.3. The van der Waals surface area contributed by atoms with Gasteiger partial charge in [0.2, 0.25) is 11.8 Å². The highest BCUT2D eigenvalue weighted by Gasteiger charge is 2.67. The molecule has 2 fully saturated rings. The summed E-state index contributed by atoms with van der Waals surface area (Å²) in [6, 6.07) is 6.75. The predicted molar refractivity (Wildman–Crippen MR) is 177 cm³/mol. The van der Waals surface area contributed by atoms with Crippen molar-refractivity contribution in [2.24, 2.45) is 5.41 Å². The number of aromatic nitrogens is 5. The lowest BCUT2D eigenvalue weighted by Crippen LogP contribution is -2.47. The van der Waals surface area contributed by atoms with Crippen molar-refractivity contribution in [3.8, 4) is 11.1 Å². The van der Waals surface area contributed by atoms with E-state index in [-0.39, 0.29) is 47.9 Å². The number of hydrogen-bond acceptors (Lipinski definition) is 9. The number of nitrogens with one attached hydrogen (secondary N) is 1. The topological polar surface area (TPSA) is 141 Å². The van der Waals surface area contributed by atoms with Gasteiger partial charge in [-0.05, 0) is 84.8 Å². The Morgan fingerprint density at radius 1 is 1.04 bits per heavy atom. The summed E-state index contributed by atoms with van der Waals surface area (Å²) >= 11 is 3.38. The highest BCUT2D eigenvalue weighted by Crippen LogP contribution is 2.60. The van der Waals surface area contributed by atoms with Gasteiger partial charge in [0.15, 0.2) is 5.78 Å². The zero-order valence-electron chi connectivity index (χ0n) is 26.6. The van der Waals surface area contributed by atoms with Crippen LogP contribution in [-0.4, -0.2) is 79.1 Å². The van der Waals surface area contributed by atoms with Crippen LogP contribution in [0.4, 0.5) is 5.82 Å². The average Bonchev–Trinajstić information content (AvgIpc) is 3.44. The molecule has 1 aliphatic carbocycles. The van der Waals surface area contributed by atoms with Gasteiger partial charge in [-0.2, -0.15) is 5.10 Å². The van der Waals surface area contributed by atoms with E-state index in [2.05, 4.69) is 36.2 Å². The van der Waals surface area contributed by atoms with Crippen molar-refractivity contribution in [2.45, 2.75) is 71.7 Å². The molecule has 47 heavy (non-hydrogen) atoms. The summed E-state index contributed by atoms with van der Waals surface area (Å²) in [5.41, 5.74) is 3.87. The second-order valence-electron chi connectivity index (χ2n) is 12.8. The van der Waals surface area contributed by atoms with Crippen LogP contribution in [-0.2, 0) is 32.2 Å². The molecule has 2 bridgehead atoms. The smallest absolute Gasteiger partial charge is 0.248 e. The molecule has 3 aromatic heterocycles. The third-order valence-corrected chi connectivity index (χ3v) is 9.88. The van der Waals surface area contributed by atoms with Gasteiger partial charge in [0.05, 0.1) is 18.7 Å². The van der Waals surface area contributed by atoms with Crippen molar-refractivity contribution in [1.82, 2.24) is 29.6 Å². The Kier molecular flexibility index (Phi) is 8.39. The van der Waals surface area contributed by atoms with Crippen LogP contribution in [0.1, 0.15) is 60.0 Å². The first-order valence-corrected chi connectivity index (χ1v) is 16.7. The molecule has 5 heterocycles. The normalized spacial score (nSPS) is 23.1. The minimum atomic E-state index is -0.703. The highest BCUT2D eigenvalue weighted by atomic mass is 79.9. The van der Waals surface area contributed by atoms with Crippen molar-refractivity contribution >= 4 is 50.2 Å². The first-order chi connectivity index (χ1) is 22.6. The van der Waals surface area contributed by atoms with E-state index in [1.807, 2.05) is 38.1 Å². The van der Waals surface area contributed by atoms with Crippen molar-refractivity contribution in [3.05, 3.63) is 63.9 Å². The summed E-state index contributed by atoms with van der Waals surface area (Å²) in [5, 5.41) is 8.29. The number of nitrogens with zero attached hydrogens (tertiary/aromatic N) is 6. The zero-order chi connectivity index (χ0) is 32.9. The molecular weight excluding hydrogens is 666 g/mol. The molecule has 3 aliphatic rings. The summed E-state index contributed by atoms with van der Waals surface area (Å²) in [7, 11) is 0. The van der Waals surface area contributed by atoms with Gasteiger partial charge in [-0.15, -0.1) is 0 Å². The highest BCUT2D eigenvalue weighted by molar-refractivity contribution is 9.10. The molecule has 3 atom stereocenters. The average molecular weight is 703 g/mol. The van der Waals surface area contributed by atoms with Gasteiger partial charge in [-0.25, -0.2) is 15.0 Å². The molecule has 0 radical (unpaired) electrons. The molecule has 7 rings (SSSR count). The van der Waals surface area contributed by atoms with Crippen LogP contribution in [0.15, 0.2) is 41.3 Å². The van der Waals surface area contributed by atoms with Crippen molar-refractivity contribution < 1.29 is 23.9 Å². The lowest BCUT2D eigenvalue weighted by molar-refractivity contribution is -0.138. The van der Waals surface area contributed by atoms with Crippen LogP contribution in [0.25, 0.3) is 22.0 Å². The number of amides is 2. The Hall–Kier alpha value is -4.07. The maximum absolute atomic E-state index is 14.3. The number of anilines is 1. The number of piperidine rings is 1. The van der Waals surface area contributed by atoms with E-state index in [0.29, 0.717) is 53.4 Å². The van der Waals surface area contributed by atoms with Crippen LogP contribution in [0.2, 0.25) is 0 Å². The number of ketones is 1. The fraction of sp³-hybridized carbons (Fsp3) is 0.441. The minimum absolute atomic E-state index is 0.125. The molecule has 2 amide bonds. The Balaban J connectivity index is 1.28. The van der Waals surface area contributed by atoms with E-state index in [0.717, 1.165) is 41.5 Å². The molecule has 12 nitrogen and oxygen atoms in total. The maximum Gasteiger partial charge on any atom is 0.248 e. The molecule has 244 valence electrons. The summed E-state index contributed by atoms with van der Waals surface area (Å²) in [5.74, 6) is 0.353. The van der Waals surface area contributed by atoms with Crippen molar-refractivity contribution in [2.75, 3.05) is 25.1 Å². The number of benzene rings is 1. The van der Waals surface area contributed by atoms with E-state index in [4.69, 9.17) is 14.6 Å². The summed E-state index contributed by atoms with van der Waals surface area (Å²) in [6.07, 6.45) is 6.41. The number of carbonyl (C=O) groups is 3. The minimum Gasteiger partial charge on any atom is -0.381 e. The van der Waals surface area contributed by atoms with Crippen LogP contribution >= 0.6 is 15.9 Å². The van der Waals surface area contributed by atoms with Crippen LogP contribution < -0.4 is 5.32 Å². The van der Waals surface area contributed by atoms with E-state index >= 15 is 0 Å². The largest absolute Gasteiger partial charge is 0.381 e. The lowest BCUT2D eigenvalue weighted by Gasteiger charge is -2.27. The van der Waals surface area contributed by atoms with E-state index in [1.165, 1.54) is 6.92 Å². The number of aryl methyl sites for hydroxylation is 2. The molecular formula is C34H36BrN7O5. The fourth-order valence-electron chi connectivity index (χ4n) is 6.92. The molecule has 1 aromatic carbocycles. The number of Topliss-reactive ketones (excluding diaryl/α,β-unsaturated/α-hetero) is 1. The molecule has 4 aromatic rings. The molecule has 0 unspecified atom stereocenters. The van der Waals surface area contributed by atoms with Gasteiger partial charge in [0.25, 0.3) is 0 Å². The Morgan fingerprint density at radius 2 is 1.81 bits per heavy atom. The summed E-state index contributed by atoms with van der Waals surface area (Å²) in [6.45, 7) is 6.87. The molecule has 0 spiro atoms. The molecule has 1 saturated carbocycles. The Labute approximate surface area is 280 Å². The van der Waals surface area contributed by atoms with Gasteiger partial charge in [-0.1, -0.05) is 6.07 Å². The second-order valence-corrected chi connectivity index (χ2v) is 13.6. The summed E-state index contributed by atoms with van der Waals surface area (Å²) < 4.78 is 14.4. The van der Waals surface area contributed by atoms with E-state index in [9.17, 15) is 14.4 Å². The standard InChI is InChI=1S/C34H36BrN7O5/c1-19-6-7-28(35)38-32(19)39-33(45)26-12-34-13-27(34)42(26)29(44)16-41-31-23(17-46-8-4-5-9-47-18-34)10-22(24-14-36-21(3)37-15-24)11-25(31)30(40-41)20(2)43/h6-7,10-11,14-15,26-27H,4-5,8-9,12-13,16-18H2,1-3H3,(H,38,39,45)/t26-,27+,34-/m0/s1. The zero-order valence-corrected chi connectivity index (χ0v) is 28.2. The predicted octanol–water partition coefficient (Wildman–Crippen LogP) is 4.80. The first-order valence-electron chi connectivity index (χ1n) is 15.9. The number of rotatable bonds is 4. The third kappa shape index (κ3) is 6.07. The van der Waals surface area contributed by atoms with Gasteiger partial charge >= 0.3 is 0 Å². The van der Waals surface area contributed by atoms with Gasteiger partial charge in [0, 0.05) is 60.5 Å². The van der Waals surface area contributed by atoms with E-state index < -0.39 is 6.04 Å². The van der Waals surface area contributed by atoms with E-state index in [1.54, 1.807) is 22.0 Å². The van der Waals surface area contributed by atoms with Crippen molar-refractivity contribution in [3.63, 3.8) is 0 Å². The van der Waals surface area contributed by atoms with Crippen LogP contribution in [0, 0.1) is 19.3 Å². The van der Waals surface area contributed by atoms with Gasteiger partial charge in [0.1, 0.15) is 34.5 Å². The molecule has 2 aliphatic heterocycles. The summed E-state index contributed by atoms with van der Waals surface area (Å²) in [4.78, 5) is 56.0. The molecule has 13 heteroatoms.